The van der Waals surface area contributed by atoms with Gasteiger partial charge in [0.2, 0.25) is 0 Å². The molecule has 40 heavy (non-hydrogen) atoms. The molecule has 0 saturated carbocycles. The lowest BCUT2D eigenvalue weighted by Crippen LogP contribution is -2.20. The van der Waals surface area contributed by atoms with E-state index >= 15 is 0 Å². The summed E-state index contributed by atoms with van der Waals surface area (Å²) in [4.78, 5) is 0. The summed E-state index contributed by atoms with van der Waals surface area (Å²) in [6, 6.07) is 24.0. The average Bonchev–Trinajstić information content (AvgIpc) is 2.94. The third-order valence-electron chi connectivity index (χ3n) is 7.77. The van der Waals surface area contributed by atoms with Crippen LogP contribution in [0.5, 0.6) is 0 Å². The van der Waals surface area contributed by atoms with Gasteiger partial charge in [-0.1, -0.05) is 103 Å². The smallest absolute Gasteiger partial charge is 0.122 e. The Morgan fingerprint density at radius 3 is 1.43 bits per heavy atom. The Hall–Kier alpha value is -4.45. The third kappa shape index (κ3) is 7.79. The fourth-order valence-corrected chi connectivity index (χ4v) is 5.41. The summed E-state index contributed by atoms with van der Waals surface area (Å²) in [5.74, 6) is 0.288. The van der Waals surface area contributed by atoms with Crippen molar-refractivity contribution >= 4 is 17.5 Å². The maximum atomic E-state index is 7.64. The molecule has 0 heterocycles. The predicted octanol–water partition coefficient (Wildman–Crippen LogP) is 6.00. The van der Waals surface area contributed by atoms with Crippen LogP contribution in [-0.2, 0) is 19.3 Å². The molecule has 1 aliphatic carbocycles. The second-order valence-corrected chi connectivity index (χ2v) is 11.2. The van der Waals surface area contributed by atoms with E-state index in [1.807, 2.05) is 36.4 Å². The lowest BCUT2D eigenvalue weighted by Gasteiger charge is -2.32. The van der Waals surface area contributed by atoms with Crippen LogP contribution in [0.2, 0.25) is 0 Å². The van der Waals surface area contributed by atoms with Crippen LogP contribution >= 0.6 is 0 Å². The molecule has 1 unspecified atom stereocenters. The minimum absolute atomic E-state index is 0.0512. The number of nitrogens with two attached hydrogens (primary N) is 3. The second kappa shape index (κ2) is 12.6. The van der Waals surface area contributed by atoms with Crippen LogP contribution in [0.1, 0.15) is 66.0 Å². The van der Waals surface area contributed by atoms with Crippen LogP contribution in [-0.4, -0.2) is 17.5 Å². The maximum Gasteiger partial charge on any atom is 0.122 e. The van der Waals surface area contributed by atoms with Gasteiger partial charge in [-0.05, 0) is 67.1 Å². The average molecular weight is 533 g/mol. The quantitative estimate of drug-likeness (QED) is 0.125. The van der Waals surface area contributed by atoms with Crippen molar-refractivity contribution in [1.29, 1.82) is 16.2 Å². The lowest BCUT2D eigenvalue weighted by atomic mass is 9.72. The maximum absolute atomic E-state index is 7.64. The van der Waals surface area contributed by atoms with Gasteiger partial charge in [0.05, 0.1) is 0 Å². The van der Waals surface area contributed by atoms with Gasteiger partial charge in [-0.15, -0.1) is 0 Å². The van der Waals surface area contributed by atoms with Crippen LogP contribution in [0.25, 0.3) is 0 Å². The largest absolute Gasteiger partial charge is 0.384 e. The molecule has 0 radical (unpaired) electrons. The molecule has 1 aliphatic rings. The molecule has 0 fully saturated rings. The van der Waals surface area contributed by atoms with E-state index in [2.05, 4.69) is 55.5 Å². The van der Waals surface area contributed by atoms with E-state index in [1.54, 1.807) is 0 Å². The highest BCUT2D eigenvalue weighted by molar-refractivity contribution is 5.95. The van der Waals surface area contributed by atoms with Crippen molar-refractivity contribution in [3.05, 3.63) is 129 Å². The van der Waals surface area contributed by atoms with Crippen molar-refractivity contribution < 1.29 is 0 Å². The molecular weight excluding hydrogens is 492 g/mol. The minimum Gasteiger partial charge on any atom is -0.384 e. The fourth-order valence-electron chi connectivity index (χ4n) is 5.41. The van der Waals surface area contributed by atoms with Crippen molar-refractivity contribution in [1.82, 2.24) is 0 Å². The van der Waals surface area contributed by atoms with Gasteiger partial charge in [0.1, 0.15) is 17.5 Å². The first kappa shape index (κ1) is 28.6. The van der Waals surface area contributed by atoms with Crippen LogP contribution in [0.4, 0.5) is 0 Å². The molecule has 0 spiro atoms. The molecule has 0 saturated heterocycles. The zero-order valence-electron chi connectivity index (χ0n) is 23.3. The first-order valence-corrected chi connectivity index (χ1v) is 13.8. The molecule has 6 heteroatoms. The fraction of sp³-hybridized carbons (Fsp3) is 0.265. The number of hydrogen-bond acceptors (Lipinski definition) is 3. The number of amidine groups is 3. The topological polar surface area (TPSA) is 150 Å². The summed E-state index contributed by atoms with van der Waals surface area (Å²) in [7, 11) is 0. The molecule has 0 aliphatic heterocycles. The Morgan fingerprint density at radius 2 is 1.00 bits per heavy atom. The molecule has 1 atom stereocenters. The molecule has 206 valence electrons. The normalized spacial score (nSPS) is 16.6. The zero-order valence-corrected chi connectivity index (χ0v) is 23.3. The standard InChI is InChI=1S/C34H40N6/c1-34(19-18-25-10-16-30(17-11-25)33(39)40)21-26(4-2-23-6-12-28(13-7-23)31(35)36)20-27(22-34)5-3-24-8-14-29(15-9-24)32(37)38/h6-17,20-21H,2-5,18-19,22H2,1H3,(H3,35,36)(H3,37,38)(H3,39,40). The number of benzene rings is 3. The monoisotopic (exact) mass is 532 g/mol. The zero-order chi connectivity index (χ0) is 28.7. The van der Waals surface area contributed by atoms with E-state index in [1.165, 1.54) is 27.8 Å². The third-order valence-corrected chi connectivity index (χ3v) is 7.77. The van der Waals surface area contributed by atoms with Gasteiger partial charge in [0.25, 0.3) is 0 Å². The highest BCUT2D eigenvalue weighted by Crippen LogP contribution is 2.40. The van der Waals surface area contributed by atoms with Crippen LogP contribution in [0.15, 0.2) is 96.1 Å². The van der Waals surface area contributed by atoms with Gasteiger partial charge in [-0.2, -0.15) is 0 Å². The van der Waals surface area contributed by atoms with Crippen LogP contribution in [0.3, 0.4) is 0 Å². The van der Waals surface area contributed by atoms with Crippen molar-refractivity contribution in [2.75, 3.05) is 0 Å². The summed E-state index contributed by atoms with van der Waals surface area (Å²) in [5, 5.41) is 22.9. The molecule has 0 aromatic heterocycles. The van der Waals surface area contributed by atoms with E-state index < -0.39 is 0 Å². The van der Waals surface area contributed by atoms with E-state index in [4.69, 9.17) is 33.4 Å². The molecular formula is C34H40N6. The summed E-state index contributed by atoms with van der Waals surface area (Å²) < 4.78 is 0. The molecule has 3 aromatic carbocycles. The first-order valence-electron chi connectivity index (χ1n) is 13.8. The number of nitrogens with one attached hydrogen (secondary N) is 3. The van der Waals surface area contributed by atoms with Crippen molar-refractivity contribution in [2.45, 2.75) is 51.9 Å². The van der Waals surface area contributed by atoms with Gasteiger partial charge in [0.15, 0.2) is 0 Å². The molecule has 0 bridgehead atoms. The summed E-state index contributed by atoms with van der Waals surface area (Å²) in [5.41, 5.74) is 25.8. The molecule has 9 N–H and O–H groups in total. The number of rotatable bonds is 12. The SMILES string of the molecule is CC1(CCc2ccc(C(=N)N)cc2)C=C(CCc2ccc(C(=N)N)cc2)C=C(CCc2ccc(C(=N)N)cc2)C1. The molecule has 3 aromatic rings. The van der Waals surface area contributed by atoms with E-state index in [-0.39, 0.29) is 22.9 Å². The molecule has 0 amide bonds. The Kier molecular flexibility index (Phi) is 9.00. The van der Waals surface area contributed by atoms with Gasteiger partial charge in [0, 0.05) is 16.7 Å². The number of aryl methyl sites for hydroxylation is 3. The van der Waals surface area contributed by atoms with Crippen molar-refractivity contribution in [3.63, 3.8) is 0 Å². The Balaban J connectivity index is 1.47. The lowest BCUT2D eigenvalue weighted by molar-refractivity contribution is 0.375. The predicted molar refractivity (Wildman–Crippen MR) is 166 cm³/mol. The number of hydrogen-bond donors (Lipinski definition) is 6. The van der Waals surface area contributed by atoms with Gasteiger partial charge >= 0.3 is 0 Å². The summed E-state index contributed by atoms with van der Waals surface area (Å²) >= 11 is 0. The van der Waals surface area contributed by atoms with E-state index in [9.17, 15) is 0 Å². The van der Waals surface area contributed by atoms with Gasteiger partial charge in [-0.3, -0.25) is 16.2 Å². The van der Waals surface area contributed by atoms with Gasteiger partial charge in [-0.25, -0.2) is 0 Å². The van der Waals surface area contributed by atoms with Crippen molar-refractivity contribution in [2.24, 2.45) is 22.6 Å². The Morgan fingerprint density at radius 1 is 0.600 bits per heavy atom. The Bertz CT molecular complexity index is 1430. The summed E-state index contributed by atoms with van der Waals surface area (Å²) in [6.45, 7) is 2.37. The Labute approximate surface area is 237 Å². The van der Waals surface area contributed by atoms with Crippen molar-refractivity contribution in [3.8, 4) is 0 Å². The van der Waals surface area contributed by atoms with Crippen LogP contribution < -0.4 is 17.2 Å². The molecule has 6 nitrogen and oxygen atoms in total. The highest BCUT2D eigenvalue weighted by atomic mass is 14.7. The van der Waals surface area contributed by atoms with E-state index in [0.29, 0.717) is 0 Å². The highest BCUT2D eigenvalue weighted by Gasteiger charge is 2.27. The number of nitrogen functional groups attached to an aromatic ring is 3. The first-order chi connectivity index (χ1) is 19.1. The van der Waals surface area contributed by atoms with Crippen LogP contribution in [0, 0.1) is 21.6 Å². The molecule has 4 rings (SSSR count). The summed E-state index contributed by atoms with van der Waals surface area (Å²) in [6.07, 6.45) is 11.7. The van der Waals surface area contributed by atoms with E-state index in [0.717, 1.165) is 61.6 Å². The number of allylic oxidation sites excluding steroid dienone is 4. The minimum atomic E-state index is 0.0512. The van der Waals surface area contributed by atoms with Gasteiger partial charge < -0.3 is 17.2 Å². The second-order valence-electron chi connectivity index (χ2n) is 11.2.